The second-order valence-electron chi connectivity index (χ2n) is 7.17. The average Bonchev–Trinajstić information content (AvgIpc) is 3.07. The van der Waals surface area contributed by atoms with Gasteiger partial charge in [0.15, 0.2) is 5.65 Å². The highest BCUT2D eigenvalue weighted by Gasteiger charge is 2.12. The van der Waals surface area contributed by atoms with Crippen LogP contribution < -0.4 is 5.56 Å². The summed E-state index contributed by atoms with van der Waals surface area (Å²) in [5.41, 5.74) is 7.29. The van der Waals surface area contributed by atoms with E-state index in [1.54, 1.807) is 21.8 Å². The van der Waals surface area contributed by atoms with Crippen LogP contribution in [0.3, 0.4) is 0 Å². The van der Waals surface area contributed by atoms with Gasteiger partial charge >= 0.3 is 0 Å². The Balaban J connectivity index is 1.79. The number of aryl methyl sites for hydroxylation is 4. The maximum atomic E-state index is 13.0. The third kappa shape index (κ3) is 3.05. The molecule has 2 aromatic carbocycles. The van der Waals surface area contributed by atoms with Gasteiger partial charge in [0, 0.05) is 0 Å². The van der Waals surface area contributed by atoms with Gasteiger partial charge < -0.3 is 0 Å². The molecule has 0 bridgehead atoms. The van der Waals surface area contributed by atoms with E-state index < -0.39 is 0 Å². The summed E-state index contributed by atoms with van der Waals surface area (Å²) in [5, 5.41) is 4.95. The zero-order chi connectivity index (χ0) is 19.1. The summed E-state index contributed by atoms with van der Waals surface area (Å²) in [6, 6.07) is 12.4. The molecule has 2 heterocycles. The van der Waals surface area contributed by atoms with Crippen LogP contribution >= 0.6 is 0 Å². The Labute approximate surface area is 157 Å². The first kappa shape index (κ1) is 17.2. The lowest BCUT2D eigenvalue weighted by atomic mass is 10.1. The molecule has 0 N–H and O–H groups in total. The molecule has 136 valence electrons. The highest BCUT2D eigenvalue weighted by molar-refractivity contribution is 5.75. The Bertz CT molecular complexity index is 1220. The highest BCUT2D eigenvalue weighted by atomic mass is 16.1. The Morgan fingerprint density at radius 3 is 2.48 bits per heavy atom. The number of rotatable bonds is 3. The molecule has 0 atom stereocenters. The minimum absolute atomic E-state index is 0.0732. The van der Waals surface area contributed by atoms with Crippen LogP contribution in [-0.4, -0.2) is 19.3 Å². The number of hydrogen-bond donors (Lipinski definition) is 0. The zero-order valence-corrected chi connectivity index (χ0v) is 16.0. The summed E-state index contributed by atoms with van der Waals surface area (Å²) >= 11 is 0. The van der Waals surface area contributed by atoms with Gasteiger partial charge in [0.25, 0.3) is 5.56 Å². The van der Waals surface area contributed by atoms with E-state index in [-0.39, 0.29) is 5.56 Å². The number of aromatic nitrogens is 4. The third-order valence-electron chi connectivity index (χ3n) is 5.13. The largest absolute Gasteiger partial charge is 0.294 e. The van der Waals surface area contributed by atoms with Crippen molar-refractivity contribution in [2.45, 2.75) is 34.2 Å². The lowest BCUT2D eigenvalue weighted by Gasteiger charge is -2.10. The smallest absolute Gasteiger partial charge is 0.264 e. The summed E-state index contributed by atoms with van der Waals surface area (Å²) in [7, 11) is 0. The SMILES string of the molecule is Cc1ccc(C)c(Cn2cnc3c(cnn3-c3ccc(C)c(C)c3)c2=O)c1. The standard InChI is InChI=1S/C22H22N4O/c1-14-5-6-16(3)18(9-14)12-25-13-23-21-20(22(25)27)11-24-26(21)19-8-7-15(2)17(4)10-19/h5-11,13H,12H2,1-4H3. The van der Waals surface area contributed by atoms with Crippen LogP contribution in [0.15, 0.2) is 53.7 Å². The summed E-state index contributed by atoms with van der Waals surface area (Å²) in [4.78, 5) is 17.5. The van der Waals surface area contributed by atoms with Crippen LogP contribution in [0.5, 0.6) is 0 Å². The van der Waals surface area contributed by atoms with Crippen LogP contribution in [0.4, 0.5) is 0 Å². The molecule has 0 saturated carbocycles. The molecule has 5 heteroatoms. The predicted octanol–water partition coefficient (Wildman–Crippen LogP) is 3.86. The van der Waals surface area contributed by atoms with Gasteiger partial charge in [-0.25, -0.2) is 9.67 Å². The topological polar surface area (TPSA) is 52.7 Å². The van der Waals surface area contributed by atoms with Gasteiger partial charge in [0.05, 0.1) is 18.4 Å². The quantitative estimate of drug-likeness (QED) is 0.559. The summed E-state index contributed by atoms with van der Waals surface area (Å²) in [6.45, 7) is 8.76. The molecule has 0 aliphatic rings. The first-order valence-electron chi connectivity index (χ1n) is 9.01. The molecule has 27 heavy (non-hydrogen) atoms. The second-order valence-corrected chi connectivity index (χ2v) is 7.17. The summed E-state index contributed by atoms with van der Waals surface area (Å²) in [5.74, 6) is 0. The predicted molar refractivity (Wildman–Crippen MR) is 108 cm³/mol. The lowest BCUT2D eigenvalue weighted by molar-refractivity contribution is 0.741. The van der Waals surface area contributed by atoms with Gasteiger partial charge in [-0.15, -0.1) is 0 Å². The van der Waals surface area contributed by atoms with Crippen molar-refractivity contribution in [3.63, 3.8) is 0 Å². The molecule has 0 radical (unpaired) electrons. The fraction of sp³-hybridized carbons (Fsp3) is 0.227. The van der Waals surface area contributed by atoms with E-state index in [1.807, 2.05) is 6.07 Å². The van der Waals surface area contributed by atoms with E-state index in [0.29, 0.717) is 17.6 Å². The fourth-order valence-electron chi connectivity index (χ4n) is 3.26. The Kier molecular flexibility index (Phi) is 4.15. The van der Waals surface area contributed by atoms with E-state index in [0.717, 1.165) is 11.3 Å². The molecule has 0 unspecified atom stereocenters. The fourth-order valence-corrected chi connectivity index (χ4v) is 3.26. The Hall–Kier alpha value is -3.21. The van der Waals surface area contributed by atoms with Crippen molar-refractivity contribution in [1.29, 1.82) is 0 Å². The van der Waals surface area contributed by atoms with E-state index in [9.17, 15) is 4.79 Å². The number of hydrogen-bond acceptors (Lipinski definition) is 3. The van der Waals surface area contributed by atoms with E-state index in [4.69, 9.17) is 0 Å². The summed E-state index contributed by atoms with van der Waals surface area (Å²) in [6.07, 6.45) is 3.23. The zero-order valence-electron chi connectivity index (χ0n) is 16.0. The van der Waals surface area contributed by atoms with Crippen LogP contribution in [0.25, 0.3) is 16.7 Å². The van der Waals surface area contributed by atoms with Gasteiger partial charge in [-0.1, -0.05) is 29.8 Å². The summed E-state index contributed by atoms with van der Waals surface area (Å²) < 4.78 is 3.38. The normalized spacial score (nSPS) is 11.3. The van der Waals surface area contributed by atoms with E-state index in [1.165, 1.54) is 22.3 Å². The molecular weight excluding hydrogens is 336 g/mol. The average molecular weight is 358 g/mol. The molecule has 0 fully saturated rings. The van der Waals surface area contributed by atoms with Crippen molar-refractivity contribution in [1.82, 2.24) is 19.3 Å². The van der Waals surface area contributed by atoms with Crippen LogP contribution in [-0.2, 0) is 6.54 Å². The van der Waals surface area contributed by atoms with Crippen molar-refractivity contribution in [3.8, 4) is 5.69 Å². The van der Waals surface area contributed by atoms with E-state index >= 15 is 0 Å². The Morgan fingerprint density at radius 1 is 0.926 bits per heavy atom. The van der Waals surface area contributed by atoms with Crippen LogP contribution in [0, 0.1) is 27.7 Å². The molecule has 0 aliphatic carbocycles. The van der Waals surface area contributed by atoms with Gasteiger partial charge in [0.2, 0.25) is 0 Å². The maximum absolute atomic E-state index is 13.0. The molecule has 0 spiro atoms. The lowest BCUT2D eigenvalue weighted by Crippen LogP contribution is -2.21. The van der Waals surface area contributed by atoms with Gasteiger partial charge in [0.1, 0.15) is 11.7 Å². The van der Waals surface area contributed by atoms with Crippen LogP contribution in [0.2, 0.25) is 0 Å². The highest BCUT2D eigenvalue weighted by Crippen LogP contribution is 2.18. The molecule has 5 nitrogen and oxygen atoms in total. The number of fused-ring (bicyclic) bond motifs is 1. The molecular formula is C22H22N4O. The van der Waals surface area contributed by atoms with Gasteiger partial charge in [-0.05, 0) is 62.1 Å². The Morgan fingerprint density at radius 2 is 1.70 bits per heavy atom. The van der Waals surface area contributed by atoms with Crippen molar-refractivity contribution < 1.29 is 0 Å². The minimum Gasteiger partial charge on any atom is -0.294 e. The third-order valence-corrected chi connectivity index (χ3v) is 5.13. The van der Waals surface area contributed by atoms with Crippen molar-refractivity contribution in [2.24, 2.45) is 0 Å². The molecule has 4 aromatic rings. The van der Waals surface area contributed by atoms with Crippen molar-refractivity contribution in [2.75, 3.05) is 0 Å². The maximum Gasteiger partial charge on any atom is 0.264 e. The molecule has 0 saturated heterocycles. The molecule has 0 amide bonds. The number of nitrogens with zero attached hydrogens (tertiary/aromatic N) is 4. The number of benzene rings is 2. The monoisotopic (exact) mass is 358 g/mol. The molecule has 2 aromatic heterocycles. The van der Waals surface area contributed by atoms with Gasteiger partial charge in [-0.3, -0.25) is 9.36 Å². The molecule has 0 aliphatic heterocycles. The van der Waals surface area contributed by atoms with E-state index in [2.05, 4.69) is 68.1 Å². The molecule has 4 rings (SSSR count). The van der Waals surface area contributed by atoms with Gasteiger partial charge in [-0.2, -0.15) is 5.10 Å². The minimum atomic E-state index is -0.0732. The first-order chi connectivity index (χ1) is 12.9. The van der Waals surface area contributed by atoms with Crippen molar-refractivity contribution >= 4 is 11.0 Å². The van der Waals surface area contributed by atoms with Crippen molar-refractivity contribution in [3.05, 3.63) is 87.1 Å². The second kappa shape index (κ2) is 6.50. The van der Waals surface area contributed by atoms with Crippen LogP contribution in [0.1, 0.15) is 27.8 Å². The first-order valence-corrected chi connectivity index (χ1v) is 9.01.